The molecule has 0 radical (unpaired) electrons. The molecule has 3 heterocycles. The number of nitrogens with one attached hydrogen (secondary N) is 1. The average molecular weight is 401 g/mol. The minimum atomic E-state index is -0.527. The van der Waals surface area contributed by atoms with E-state index in [1.165, 1.54) is 11.8 Å². The average Bonchev–Trinajstić information content (AvgIpc) is 3.09. The van der Waals surface area contributed by atoms with Crippen molar-refractivity contribution in [2.45, 2.75) is 38.8 Å². The summed E-state index contributed by atoms with van der Waals surface area (Å²) >= 11 is 0. The SMILES string of the molecule is COc1ccc(C)cc1N1CCCN2C3C(=O)N(CC(C)=O)C(=O)N(C)C3NC12. The molecule has 156 valence electrons. The Morgan fingerprint density at radius 2 is 2.03 bits per heavy atom. The molecule has 1 aromatic rings. The number of nitrogens with zero attached hydrogens (tertiary/aromatic N) is 4. The van der Waals surface area contributed by atoms with Crippen LogP contribution in [0.3, 0.4) is 0 Å². The fourth-order valence-corrected chi connectivity index (χ4v) is 4.56. The number of carbonyl (C=O) groups excluding carboxylic acids is 3. The van der Waals surface area contributed by atoms with Crippen molar-refractivity contribution >= 4 is 23.4 Å². The number of hydrogen-bond donors (Lipinski definition) is 1. The maximum Gasteiger partial charge on any atom is 0.328 e. The van der Waals surface area contributed by atoms with E-state index >= 15 is 0 Å². The first-order valence-corrected chi connectivity index (χ1v) is 9.84. The predicted octanol–water partition coefficient (Wildman–Crippen LogP) is 0.580. The van der Waals surface area contributed by atoms with Gasteiger partial charge in [-0.05, 0) is 38.0 Å². The number of Topliss-reactive ketones (excluding diaryl/α,β-unsaturated/α-hetero) is 1. The molecule has 0 aliphatic carbocycles. The van der Waals surface area contributed by atoms with Gasteiger partial charge >= 0.3 is 6.03 Å². The lowest BCUT2D eigenvalue weighted by atomic mass is 10.1. The number of imide groups is 1. The second kappa shape index (κ2) is 7.31. The quantitative estimate of drug-likeness (QED) is 0.790. The maximum absolute atomic E-state index is 13.2. The summed E-state index contributed by atoms with van der Waals surface area (Å²) in [5, 5.41) is 3.47. The zero-order chi connectivity index (χ0) is 20.9. The molecule has 0 aromatic heterocycles. The molecule has 0 spiro atoms. The number of methoxy groups -OCH3 is 1. The van der Waals surface area contributed by atoms with Gasteiger partial charge in [-0.1, -0.05) is 6.07 Å². The second-order valence-electron chi connectivity index (χ2n) is 7.91. The first-order chi connectivity index (χ1) is 13.8. The van der Waals surface area contributed by atoms with Crippen molar-refractivity contribution in [3.05, 3.63) is 23.8 Å². The second-order valence-corrected chi connectivity index (χ2v) is 7.91. The van der Waals surface area contributed by atoms with Crippen LogP contribution in [0.15, 0.2) is 18.2 Å². The number of fused-ring (bicyclic) bond motifs is 3. The molecule has 0 saturated carbocycles. The lowest BCUT2D eigenvalue weighted by Gasteiger charge is -2.44. The van der Waals surface area contributed by atoms with Crippen molar-refractivity contribution in [2.75, 3.05) is 38.7 Å². The Balaban J connectivity index is 1.69. The van der Waals surface area contributed by atoms with Crippen LogP contribution in [-0.2, 0) is 9.59 Å². The molecular formula is C20H27N5O4. The molecule has 1 N–H and O–H groups in total. The van der Waals surface area contributed by atoms with Gasteiger partial charge in [0.2, 0.25) is 0 Å². The van der Waals surface area contributed by atoms with Crippen LogP contribution in [0.4, 0.5) is 10.5 Å². The Morgan fingerprint density at radius 3 is 2.72 bits per heavy atom. The number of amides is 3. The molecular weight excluding hydrogens is 374 g/mol. The van der Waals surface area contributed by atoms with Gasteiger partial charge in [0.1, 0.15) is 30.0 Å². The van der Waals surface area contributed by atoms with Crippen molar-refractivity contribution < 1.29 is 19.1 Å². The van der Waals surface area contributed by atoms with Crippen molar-refractivity contribution in [1.82, 2.24) is 20.0 Å². The topological polar surface area (TPSA) is 85.4 Å². The molecule has 0 bridgehead atoms. The number of aryl methyl sites for hydroxylation is 1. The highest BCUT2D eigenvalue weighted by molar-refractivity contribution is 6.03. The van der Waals surface area contributed by atoms with E-state index in [1.807, 2.05) is 19.1 Å². The van der Waals surface area contributed by atoms with Gasteiger partial charge in [0.05, 0.1) is 19.3 Å². The number of carbonyl (C=O) groups is 3. The fraction of sp³-hybridized carbons (Fsp3) is 0.550. The molecule has 3 aliphatic heterocycles. The van der Waals surface area contributed by atoms with Gasteiger partial charge in [-0.2, -0.15) is 0 Å². The van der Waals surface area contributed by atoms with Crippen molar-refractivity contribution in [1.29, 1.82) is 0 Å². The van der Waals surface area contributed by atoms with Gasteiger partial charge in [-0.15, -0.1) is 0 Å². The van der Waals surface area contributed by atoms with E-state index in [4.69, 9.17) is 4.74 Å². The minimum absolute atomic E-state index is 0.195. The summed E-state index contributed by atoms with van der Waals surface area (Å²) in [6, 6.07) is 5.05. The van der Waals surface area contributed by atoms with E-state index in [-0.39, 0.29) is 24.5 Å². The predicted molar refractivity (Wildman–Crippen MR) is 106 cm³/mol. The number of ketones is 1. The third-order valence-corrected chi connectivity index (χ3v) is 5.89. The summed E-state index contributed by atoms with van der Waals surface area (Å²) in [7, 11) is 3.32. The standard InChI is InChI=1S/C20H27N5O4/c1-12-6-7-15(29-4)14(10-12)23-8-5-9-24-16-17(21-19(23)24)22(3)20(28)25(18(16)27)11-13(2)26/h6-7,10,16-17,19,21H,5,8-9,11H2,1-4H3. The van der Waals surface area contributed by atoms with E-state index in [9.17, 15) is 14.4 Å². The molecule has 3 unspecified atom stereocenters. The molecule has 3 fully saturated rings. The summed E-state index contributed by atoms with van der Waals surface area (Å²) in [5.41, 5.74) is 2.07. The number of hydrogen-bond acceptors (Lipinski definition) is 7. The smallest absolute Gasteiger partial charge is 0.328 e. The van der Waals surface area contributed by atoms with E-state index < -0.39 is 18.2 Å². The van der Waals surface area contributed by atoms with Crippen molar-refractivity contribution in [2.24, 2.45) is 0 Å². The maximum atomic E-state index is 13.2. The highest BCUT2D eigenvalue weighted by Gasteiger charge is 2.56. The number of anilines is 1. The highest BCUT2D eigenvalue weighted by atomic mass is 16.5. The monoisotopic (exact) mass is 401 g/mol. The molecule has 3 aliphatic rings. The molecule has 3 atom stereocenters. The molecule has 29 heavy (non-hydrogen) atoms. The molecule has 4 rings (SSSR count). The van der Waals surface area contributed by atoms with Gasteiger partial charge < -0.3 is 14.5 Å². The number of rotatable bonds is 4. The van der Waals surface area contributed by atoms with Gasteiger partial charge in [0.15, 0.2) is 0 Å². The minimum Gasteiger partial charge on any atom is -0.495 e. The van der Waals surface area contributed by atoms with Gasteiger partial charge in [0, 0.05) is 20.1 Å². The van der Waals surface area contributed by atoms with Crippen LogP contribution in [-0.4, -0.2) is 84.7 Å². The zero-order valence-corrected chi connectivity index (χ0v) is 17.2. The Labute approximate surface area is 170 Å². The lowest BCUT2D eigenvalue weighted by molar-refractivity contribution is -0.141. The Kier molecular flexibility index (Phi) is 4.95. The first-order valence-electron chi connectivity index (χ1n) is 9.84. The van der Waals surface area contributed by atoms with E-state index in [0.29, 0.717) is 0 Å². The number of benzene rings is 1. The Bertz CT molecular complexity index is 859. The third kappa shape index (κ3) is 3.14. The number of likely N-dealkylation sites (N-methyl/N-ethyl adjacent to an activating group) is 1. The summed E-state index contributed by atoms with van der Waals surface area (Å²) in [6.07, 6.45) is 0.182. The van der Waals surface area contributed by atoms with Crippen molar-refractivity contribution in [3.8, 4) is 5.75 Å². The van der Waals surface area contributed by atoms with Crippen LogP contribution < -0.4 is 15.0 Å². The van der Waals surface area contributed by atoms with Crippen LogP contribution in [0, 0.1) is 6.92 Å². The summed E-state index contributed by atoms with van der Waals surface area (Å²) in [6.45, 7) is 4.75. The normalized spacial score (nSPS) is 27.2. The largest absolute Gasteiger partial charge is 0.495 e. The van der Waals surface area contributed by atoms with Gasteiger partial charge in [-0.25, -0.2) is 4.79 Å². The Morgan fingerprint density at radius 1 is 1.28 bits per heavy atom. The Hall–Kier alpha value is -2.65. The third-order valence-electron chi connectivity index (χ3n) is 5.89. The van der Waals surface area contributed by atoms with Crippen LogP contribution in [0.25, 0.3) is 0 Å². The highest BCUT2D eigenvalue weighted by Crippen LogP contribution is 2.37. The summed E-state index contributed by atoms with van der Waals surface area (Å²) in [4.78, 5) is 44.4. The first kappa shape index (κ1) is 19.7. The lowest BCUT2D eigenvalue weighted by Crippen LogP contribution is -2.66. The van der Waals surface area contributed by atoms with Crippen LogP contribution in [0.1, 0.15) is 18.9 Å². The van der Waals surface area contributed by atoms with Gasteiger partial charge in [-0.3, -0.25) is 24.7 Å². The number of ether oxygens (including phenoxy) is 1. The van der Waals surface area contributed by atoms with Crippen LogP contribution in [0.5, 0.6) is 5.75 Å². The van der Waals surface area contributed by atoms with Crippen LogP contribution >= 0.6 is 0 Å². The van der Waals surface area contributed by atoms with E-state index in [1.54, 1.807) is 14.2 Å². The van der Waals surface area contributed by atoms with Crippen LogP contribution in [0.2, 0.25) is 0 Å². The summed E-state index contributed by atoms with van der Waals surface area (Å²) in [5.74, 6) is 0.232. The van der Waals surface area contributed by atoms with Gasteiger partial charge in [0.25, 0.3) is 5.91 Å². The molecule has 9 nitrogen and oxygen atoms in total. The van der Waals surface area contributed by atoms with E-state index in [0.717, 1.165) is 41.4 Å². The fourth-order valence-electron chi connectivity index (χ4n) is 4.56. The molecule has 3 saturated heterocycles. The van der Waals surface area contributed by atoms with E-state index in [2.05, 4.69) is 21.2 Å². The zero-order valence-electron chi connectivity index (χ0n) is 17.2. The summed E-state index contributed by atoms with van der Waals surface area (Å²) < 4.78 is 5.58. The number of urea groups is 1. The molecule has 9 heteroatoms. The van der Waals surface area contributed by atoms with Crippen molar-refractivity contribution in [3.63, 3.8) is 0 Å². The molecule has 3 amide bonds. The molecule has 1 aromatic carbocycles.